The normalized spacial score (nSPS) is 14.7. The van der Waals surface area contributed by atoms with E-state index in [-0.39, 0.29) is 17.1 Å². The van der Waals surface area contributed by atoms with Crippen molar-refractivity contribution in [1.29, 1.82) is 0 Å². The van der Waals surface area contributed by atoms with Crippen molar-refractivity contribution in [3.8, 4) is 17.2 Å². The average Bonchev–Trinajstić information content (AvgIpc) is 3.19. The molecule has 1 aromatic heterocycles. The Morgan fingerprint density at radius 3 is 2.31 bits per heavy atom. The Kier molecular flexibility index (Phi) is 6.14. The number of carbonyl (C=O) groups excluding carboxylic acids is 1. The lowest BCUT2D eigenvalue weighted by atomic mass is 9.98. The SMILES string of the molecule is COc1ccc(C2c3c(oc4ccc(C)cc4c3=O)C(=O)N2CCc2ccc(OC)c(OC)c2)cc1. The third-order valence-corrected chi connectivity index (χ3v) is 6.64. The van der Waals surface area contributed by atoms with Crippen molar-refractivity contribution in [2.45, 2.75) is 19.4 Å². The minimum absolute atomic E-state index is 0.101. The van der Waals surface area contributed by atoms with Crippen molar-refractivity contribution >= 4 is 16.9 Å². The molecule has 0 fully saturated rings. The van der Waals surface area contributed by atoms with Crippen molar-refractivity contribution in [2.75, 3.05) is 27.9 Å². The van der Waals surface area contributed by atoms with Crippen molar-refractivity contribution in [2.24, 2.45) is 0 Å². The number of carbonyl (C=O) groups is 1. The van der Waals surface area contributed by atoms with E-state index in [1.54, 1.807) is 32.3 Å². The molecule has 7 heteroatoms. The van der Waals surface area contributed by atoms with Gasteiger partial charge in [-0.2, -0.15) is 0 Å². The van der Waals surface area contributed by atoms with Gasteiger partial charge in [0.1, 0.15) is 11.3 Å². The van der Waals surface area contributed by atoms with Gasteiger partial charge in [-0.25, -0.2) is 0 Å². The van der Waals surface area contributed by atoms with E-state index in [0.29, 0.717) is 46.7 Å². The van der Waals surface area contributed by atoms with Crippen molar-refractivity contribution in [3.05, 3.63) is 98.9 Å². The molecule has 1 aliphatic rings. The molecule has 0 saturated carbocycles. The first-order valence-corrected chi connectivity index (χ1v) is 11.7. The minimum Gasteiger partial charge on any atom is -0.497 e. The average molecular weight is 486 g/mol. The molecule has 0 N–H and O–H groups in total. The first-order valence-electron chi connectivity index (χ1n) is 11.7. The van der Waals surface area contributed by atoms with Gasteiger partial charge in [-0.15, -0.1) is 0 Å². The molecule has 36 heavy (non-hydrogen) atoms. The maximum Gasteiger partial charge on any atom is 0.290 e. The van der Waals surface area contributed by atoms with Gasteiger partial charge in [0.15, 0.2) is 16.9 Å². The second-order valence-electron chi connectivity index (χ2n) is 8.79. The Labute approximate surface area is 208 Å². The van der Waals surface area contributed by atoms with Gasteiger partial charge < -0.3 is 23.5 Å². The molecule has 1 amide bonds. The van der Waals surface area contributed by atoms with E-state index in [9.17, 15) is 9.59 Å². The highest BCUT2D eigenvalue weighted by molar-refractivity contribution is 5.99. The summed E-state index contributed by atoms with van der Waals surface area (Å²) in [6.45, 7) is 2.30. The van der Waals surface area contributed by atoms with E-state index in [0.717, 1.165) is 16.7 Å². The van der Waals surface area contributed by atoms with Crippen molar-refractivity contribution in [3.63, 3.8) is 0 Å². The van der Waals surface area contributed by atoms with Crippen LogP contribution in [0.5, 0.6) is 17.2 Å². The van der Waals surface area contributed by atoms with Gasteiger partial charge in [0.2, 0.25) is 5.76 Å². The highest BCUT2D eigenvalue weighted by atomic mass is 16.5. The molecule has 0 saturated heterocycles. The summed E-state index contributed by atoms with van der Waals surface area (Å²) < 4.78 is 22.1. The number of methoxy groups -OCH3 is 3. The van der Waals surface area contributed by atoms with E-state index in [2.05, 4.69) is 0 Å². The van der Waals surface area contributed by atoms with E-state index in [1.165, 1.54) is 0 Å². The molecule has 1 atom stereocenters. The number of rotatable bonds is 7. The van der Waals surface area contributed by atoms with Gasteiger partial charge in [-0.1, -0.05) is 29.8 Å². The lowest BCUT2D eigenvalue weighted by molar-refractivity contribution is 0.0730. The number of hydrogen-bond donors (Lipinski definition) is 0. The van der Waals surface area contributed by atoms with Crippen LogP contribution in [0.25, 0.3) is 11.0 Å². The predicted molar refractivity (Wildman–Crippen MR) is 136 cm³/mol. The number of hydrogen-bond acceptors (Lipinski definition) is 6. The van der Waals surface area contributed by atoms with Crippen LogP contribution in [0, 0.1) is 6.92 Å². The number of nitrogens with zero attached hydrogens (tertiary/aromatic N) is 1. The molecule has 0 radical (unpaired) electrons. The fourth-order valence-electron chi connectivity index (χ4n) is 4.78. The Bertz CT molecular complexity index is 1510. The number of benzene rings is 3. The van der Waals surface area contributed by atoms with Crippen LogP contribution in [0.3, 0.4) is 0 Å². The monoisotopic (exact) mass is 485 g/mol. The topological polar surface area (TPSA) is 78.2 Å². The summed E-state index contributed by atoms with van der Waals surface area (Å²) in [7, 11) is 4.78. The van der Waals surface area contributed by atoms with E-state index in [1.807, 2.05) is 61.5 Å². The number of aryl methyl sites for hydroxylation is 1. The van der Waals surface area contributed by atoms with Crippen LogP contribution in [-0.4, -0.2) is 38.7 Å². The Morgan fingerprint density at radius 2 is 1.61 bits per heavy atom. The fourth-order valence-corrected chi connectivity index (χ4v) is 4.78. The van der Waals surface area contributed by atoms with Gasteiger partial charge in [0.05, 0.1) is 38.3 Å². The van der Waals surface area contributed by atoms with E-state index >= 15 is 0 Å². The van der Waals surface area contributed by atoms with Gasteiger partial charge in [0, 0.05) is 6.54 Å². The third kappa shape index (κ3) is 3.96. The van der Waals surface area contributed by atoms with Gasteiger partial charge in [-0.3, -0.25) is 9.59 Å². The number of fused-ring (bicyclic) bond motifs is 2. The second kappa shape index (κ2) is 9.41. The minimum atomic E-state index is -0.570. The highest BCUT2D eigenvalue weighted by Crippen LogP contribution is 2.39. The zero-order valence-corrected chi connectivity index (χ0v) is 20.7. The summed E-state index contributed by atoms with van der Waals surface area (Å²) in [5.74, 6) is 1.76. The molecule has 184 valence electrons. The van der Waals surface area contributed by atoms with Crippen LogP contribution in [0.2, 0.25) is 0 Å². The quantitative estimate of drug-likeness (QED) is 0.370. The number of amides is 1. The molecule has 2 heterocycles. The third-order valence-electron chi connectivity index (χ3n) is 6.64. The van der Waals surface area contributed by atoms with Crippen LogP contribution in [-0.2, 0) is 6.42 Å². The number of ether oxygens (including phenoxy) is 3. The molecule has 4 aromatic rings. The Hall–Kier alpha value is -4.26. The Balaban J connectivity index is 1.58. The maximum absolute atomic E-state index is 13.7. The fraction of sp³-hybridized carbons (Fsp3) is 0.241. The predicted octanol–water partition coefficient (Wildman–Crippen LogP) is 4.92. The van der Waals surface area contributed by atoms with Crippen LogP contribution in [0.4, 0.5) is 0 Å². The molecule has 1 unspecified atom stereocenters. The molecule has 0 spiro atoms. The first kappa shape index (κ1) is 23.5. The van der Waals surface area contributed by atoms with Gasteiger partial charge in [-0.05, 0) is 60.9 Å². The van der Waals surface area contributed by atoms with E-state index < -0.39 is 6.04 Å². The van der Waals surface area contributed by atoms with Crippen LogP contribution in [0.15, 0.2) is 69.9 Å². The molecule has 3 aromatic carbocycles. The standard InChI is InChI=1S/C29H27NO6/c1-17-5-11-22-21(15-17)27(31)25-26(19-7-9-20(33-2)10-8-19)30(29(32)28(25)36-22)14-13-18-6-12-23(34-3)24(16-18)35-4/h5-12,15-16,26H,13-14H2,1-4H3. The molecule has 0 aliphatic carbocycles. The van der Waals surface area contributed by atoms with E-state index in [4.69, 9.17) is 18.6 Å². The largest absolute Gasteiger partial charge is 0.497 e. The zero-order chi connectivity index (χ0) is 25.4. The van der Waals surface area contributed by atoms with Gasteiger partial charge in [0.25, 0.3) is 5.91 Å². The first-order chi connectivity index (χ1) is 17.4. The lowest BCUT2D eigenvalue weighted by Gasteiger charge is -2.25. The highest BCUT2D eigenvalue weighted by Gasteiger charge is 2.42. The summed E-state index contributed by atoms with van der Waals surface area (Å²) >= 11 is 0. The molecular formula is C29H27NO6. The molecule has 7 nitrogen and oxygen atoms in total. The summed E-state index contributed by atoms with van der Waals surface area (Å²) in [6.07, 6.45) is 0.555. The summed E-state index contributed by atoms with van der Waals surface area (Å²) in [6, 6.07) is 18.0. The zero-order valence-electron chi connectivity index (χ0n) is 20.7. The smallest absolute Gasteiger partial charge is 0.290 e. The molecular weight excluding hydrogens is 458 g/mol. The van der Waals surface area contributed by atoms with Crippen molar-refractivity contribution in [1.82, 2.24) is 4.90 Å². The van der Waals surface area contributed by atoms with Crippen LogP contribution in [0.1, 0.15) is 38.9 Å². The molecule has 1 aliphatic heterocycles. The van der Waals surface area contributed by atoms with Crippen molar-refractivity contribution < 1.29 is 23.4 Å². The Morgan fingerprint density at radius 1 is 0.861 bits per heavy atom. The van der Waals surface area contributed by atoms with Crippen LogP contribution < -0.4 is 19.6 Å². The maximum atomic E-state index is 13.7. The summed E-state index contributed by atoms with van der Waals surface area (Å²) in [4.78, 5) is 29.0. The molecule has 5 rings (SSSR count). The second-order valence-corrected chi connectivity index (χ2v) is 8.79. The molecule has 0 bridgehead atoms. The lowest BCUT2D eigenvalue weighted by Crippen LogP contribution is -2.31. The summed E-state index contributed by atoms with van der Waals surface area (Å²) in [5, 5.41) is 0.474. The van der Waals surface area contributed by atoms with Gasteiger partial charge >= 0.3 is 0 Å². The summed E-state index contributed by atoms with van der Waals surface area (Å²) in [5.41, 5.74) is 3.34. The van der Waals surface area contributed by atoms with Crippen LogP contribution >= 0.6 is 0 Å².